The molecular formula is C23H18ClFN6O3. The minimum atomic E-state index is -0.491. The number of carbonyl (C=O) groups excluding carboxylic acids is 1. The zero-order valence-corrected chi connectivity index (χ0v) is 19.0. The van der Waals surface area contributed by atoms with Gasteiger partial charge >= 0.3 is 5.97 Å². The summed E-state index contributed by atoms with van der Waals surface area (Å²) in [6, 6.07) is 13.2. The van der Waals surface area contributed by atoms with E-state index in [0.717, 1.165) is 11.1 Å². The van der Waals surface area contributed by atoms with Crippen LogP contribution in [0.2, 0.25) is 5.02 Å². The van der Waals surface area contributed by atoms with E-state index >= 15 is 0 Å². The van der Waals surface area contributed by atoms with E-state index in [1.54, 1.807) is 35.9 Å². The van der Waals surface area contributed by atoms with E-state index in [2.05, 4.69) is 15.3 Å². The summed E-state index contributed by atoms with van der Waals surface area (Å²) < 4.78 is 27.3. The second kappa shape index (κ2) is 8.81. The average Bonchev–Trinajstić information content (AvgIpc) is 3.38. The second-order valence-corrected chi connectivity index (χ2v) is 7.90. The third-order valence-corrected chi connectivity index (χ3v) is 5.54. The number of halogens is 2. The molecule has 0 saturated heterocycles. The lowest BCUT2D eigenvalue weighted by atomic mass is 10.1. The Morgan fingerprint density at radius 1 is 1.06 bits per heavy atom. The Morgan fingerprint density at radius 3 is 2.56 bits per heavy atom. The molecule has 5 rings (SSSR count). The summed E-state index contributed by atoms with van der Waals surface area (Å²) in [7, 11) is 2.86. The van der Waals surface area contributed by atoms with Crippen molar-refractivity contribution in [2.24, 2.45) is 0 Å². The van der Waals surface area contributed by atoms with E-state index < -0.39 is 11.8 Å². The largest absolute Gasteiger partial charge is 0.469 e. The molecule has 0 saturated carbocycles. The van der Waals surface area contributed by atoms with Crippen molar-refractivity contribution in [1.82, 2.24) is 29.6 Å². The molecule has 0 fully saturated rings. The van der Waals surface area contributed by atoms with Crippen LogP contribution in [-0.4, -0.2) is 49.8 Å². The van der Waals surface area contributed by atoms with Gasteiger partial charge in [-0.2, -0.15) is 14.7 Å². The second-order valence-electron chi connectivity index (χ2n) is 7.46. The van der Waals surface area contributed by atoms with Crippen LogP contribution in [0.25, 0.3) is 33.6 Å². The number of aromatic nitrogens is 6. The summed E-state index contributed by atoms with van der Waals surface area (Å²) in [4.78, 5) is 12.0. The first kappa shape index (κ1) is 21.9. The summed E-state index contributed by atoms with van der Waals surface area (Å²) >= 11 is 6.07. The fraction of sp³-hybridized carbons (Fsp3) is 0.174. The molecule has 3 heterocycles. The van der Waals surface area contributed by atoms with E-state index in [4.69, 9.17) is 26.2 Å². The lowest BCUT2D eigenvalue weighted by molar-refractivity contribution is -0.139. The maximum atomic E-state index is 14.1. The minimum Gasteiger partial charge on any atom is -0.469 e. The minimum absolute atomic E-state index is 0.133. The van der Waals surface area contributed by atoms with Gasteiger partial charge in [0.15, 0.2) is 16.8 Å². The molecule has 34 heavy (non-hydrogen) atoms. The SMILES string of the molecule is COCc1nn2c(nnc3c(CC(=O)OC)nn(-c4cccc(F)c4)c32)c1-c1ccc(Cl)cc1. The standard InChI is InChI=1S/C23H18ClFN6O3/c1-33-12-18-20(13-6-8-14(24)9-7-13)22-27-26-21-17(11-19(32)34-2)28-30(23(21)31(22)29-18)16-5-3-4-15(25)10-16/h3-10H,11-12H2,1-2H3. The van der Waals surface area contributed by atoms with Crippen LogP contribution in [-0.2, 0) is 27.3 Å². The van der Waals surface area contributed by atoms with Crippen LogP contribution in [0.5, 0.6) is 0 Å². The Hall–Kier alpha value is -3.89. The normalized spacial score (nSPS) is 11.4. The molecule has 172 valence electrons. The van der Waals surface area contributed by atoms with Crippen LogP contribution in [0.3, 0.4) is 0 Å². The van der Waals surface area contributed by atoms with Crippen LogP contribution in [0.4, 0.5) is 4.39 Å². The van der Waals surface area contributed by atoms with Gasteiger partial charge in [-0.15, -0.1) is 10.2 Å². The molecule has 0 unspecified atom stereocenters. The molecular weight excluding hydrogens is 463 g/mol. The highest BCUT2D eigenvalue weighted by molar-refractivity contribution is 6.30. The van der Waals surface area contributed by atoms with Gasteiger partial charge in [0.1, 0.15) is 11.5 Å². The van der Waals surface area contributed by atoms with Crippen molar-refractivity contribution in [3.63, 3.8) is 0 Å². The topological polar surface area (TPSA) is 96.4 Å². The van der Waals surface area contributed by atoms with Crippen molar-refractivity contribution >= 4 is 34.4 Å². The predicted molar refractivity (Wildman–Crippen MR) is 122 cm³/mol. The summed E-state index contributed by atoms with van der Waals surface area (Å²) in [6.07, 6.45) is -0.133. The van der Waals surface area contributed by atoms with E-state index in [9.17, 15) is 9.18 Å². The van der Waals surface area contributed by atoms with Crippen molar-refractivity contribution in [2.45, 2.75) is 13.0 Å². The fourth-order valence-corrected chi connectivity index (χ4v) is 3.92. The van der Waals surface area contributed by atoms with E-state index in [1.807, 2.05) is 12.1 Å². The number of hydrogen-bond donors (Lipinski definition) is 0. The van der Waals surface area contributed by atoms with Gasteiger partial charge in [0.25, 0.3) is 0 Å². The van der Waals surface area contributed by atoms with Crippen LogP contribution in [0, 0.1) is 5.82 Å². The predicted octanol–water partition coefficient (Wildman–Crippen LogP) is 3.78. The molecule has 0 bridgehead atoms. The third-order valence-electron chi connectivity index (χ3n) is 5.29. The van der Waals surface area contributed by atoms with Crippen molar-refractivity contribution in [1.29, 1.82) is 0 Å². The number of fused-ring (bicyclic) bond motifs is 3. The molecule has 3 aromatic heterocycles. The van der Waals surface area contributed by atoms with Gasteiger partial charge in [0, 0.05) is 12.1 Å². The molecule has 0 aliphatic rings. The number of rotatable bonds is 6. The molecule has 11 heteroatoms. The van der Waals surface area contributed by atoms with Crippen LogP contribution in [0.15, 0.2) is 48.5 Å². The number of methoxy groups -OCH3 is 2. The van der Waals surface area contributed by atoms with Gasteiger partial charge in [-0.25, -0.2) is 9.07 Å². The monoisotopic (exact) mass is 480 g/mol. The molecule has 5 aromatic rings. The first-order valence-corrected chi connectivity index (χ1v) is 10.6. The zero-order valence-electron chi connectivity index (χ0n) is 18.2. The highest BCUT2D eigenvalue weighted by Gasteiger charge is 2.24. The molecule has 0 radical (unpaired) electrons. The van der Waals surface area contributed by atoms with Crippen molar-refractivity contribution in [2.75, 3.05) is 14.2 Å². The van der Waals surface area contributed by atoms with Gasteiger partial charge in [0.05, 0.1) is 37.1 Å². The summed E-state index contributed by atoms with van der Waals surface area (Å²) in [5.41, 5.74) is 4.14. The smallest absolute Gasteiger partial charge is 0.311 e. The zero-order chi connectivity index (χ0) is 23.8. The summed E-state index contributed by atoms with van der Waals surface area (Å²) in [6.45, 7) is 0.214. The van der Waals surface area contributed by atoms with E-state index in [-0.39, 0.29) is 13.0 Å². The Morgan fingerprint density at radius 2 is 1.85 bits per heavy atom. The highest BCUT2D eigenvalue weighted by Crippen LogP contribution is 2.31. The average molecular weight is 481 g/mol. The van der Waals surface area contributed by atoms with Crippen LogP contribution < -0.4 is 0 Å². The summed E-state index contributed by atoms with van der Waals surface area (Å²) in [5, 5.41) is 18.7. The Bertz CT molecular complexity index is 1530. The molecule has 0 spiro atoms. The highest BCUT2D eigenvalue weighted by atomic mass is 35.5. The Kier molecular flexibility index (Phi) is 5.68. The molecule has 0 atom stereocenters. The van der Waals surface area contributed by atoms with Gasteiger partial charge in [0.2, 0.25) is 0 Å². The quantitative estimate of drug-likeness (QED) is 0.341. The van der Waals surface area contributed by atoms with Crippen LogP contribution in [0.1, 0.15) is 11.4 Å². The number of ether oxygens (including phenoxy) is 2. The lowest BCUT2D eigenvalue weighted by Crippen LogP contribution is -2.06. The number of esters is 1. The number of benzene rings is 2. The van der Waals surface area contributed by atoms with Gasteiger partial charge < -0.3 is 9.47 Å². The van der Waals surface area contributed by atoms with E-state index in [1.165, 1.54) is 23.9 Å². The summed E-state index contributed by atoms with van der Waals surface area (Å²) in [5.74, 6) is -0.925. The van der Waals surface area contributed by atoms with E-state index in [0.29, 0.717) is 38.9 Å². The Labute approximate surface area is 197 Å². The van der Waals surface area contributed by atoms with Gasteiger partial charge in [-0.3, -0.25) is 4.79 Å². The molecule has 0 aliphatic heterocycles. The number of carbonyl (C=O) groups is 1. The van der Waals surface area contributed by atoms with Gasteiger partial charge in [-0.05, 0) is 35.9 Å². The van der Waals surface area contributed by atoms with Crippen molar-refractivity contribution in [3.05, 3.63) is 70.8 Å². The van der Waals surface area contributed by atoms with Crippen molar-refractivity contribution < 1.29 is 18.7 Å². The first-order valence-electron chi connectivity index (χ1n) is 10.2. The molecule has 0 amide bonds. The molecule has 9 nitrogen and oxygen atoms in total. The van der Waals surface area contributed by atoms with Gasteiger partial charge in [-0.1, -0.05) is 29.8 Å². The lowest BCUT2D eigenvalue weighted by Gasteiger charge is -2.05. The molecule has 0 aliphatic carbocycles. The molecule has 2 aromatic carbocycles. The third kappa shape index (κ3) is 3.76. The van der Waals surface area contributed by atoms with Crippen LogP contribution >= 0.6 is 11.6 Å². The number of nitrogens with zero attached hydrogens (tertiary/aromatic N) is 6. The van der Waals surface area contributed by atoms with Crippen molar-refractivity contribution in [3.8, 4) is 16.8 Å². The Balaban J connectivity index is 1.84. The first-order chi connectivity index (χ1) is 16.5. The maximum absolute atomic E-state index is 14.1. The molecule has 0 N–H and O–H groups in total. The number of hydrogen-bond acceptors (Lipinski definition) is 7. The fourth-order valence-electron chi connectivity index (χ4n) is 3.79. The maximum Gasteiger partial charge on any atom is 0.311 e.